The molecule has 3 heterocycles. The predicted octanol–water partition coefficient (Wildman–Crippen LogP) is 2.84. The van der Waals surface area contributed by atoms with E-state index in [2.05, 4.69) is 38.0 Å². The van der Waals surface area contributed by atoms with E-state index < -0.39 is 0 Å². The number of nitrogens with one attached hydrogen (secondary N) is 2. The fraction of sp³-hybridized carbons (Fsp3) is 0.348. The molecule has 0 bridgehead atoms. The maximum Gasteiger partial charge on any atom is 0.274 e. The van der Waals surface area contributed by atoms with Gasteiger partial charge in [-0.3, -0.25) is 4.79 Å². The lowest BCUT2D eigenvalue weighted by Gasteiger charge is -2.45. The van der Waals surface area contributed by atoms with Gasteiger partial charge in [0.25, 0.3) is 5.91 Å². The van der Waals surface area contributed by atoms with Crippen LogP contribution in [0.5, 0.6) is 0 Å². The molecule has 1 fully saturated rings. The first-order valence-electron chi connectivity index (χ1n) is 10.4. The van der Waals surface area contributed by atoms with Crippen LogP contribution >= 0.6 is 0 Å². The lowest BCUT2D eigenvalue weighted by molar-refractivity contribution is 0.102. The van der Waals surface area contributed by atoms with Crippen molar-refractivity contribution in [1.82, 2.24) is 19.7 Å². The second-order valence-electron chi connectivity index (χ2n) is 8.45. The monoisotopic (exact) mass is 413 g/mol. The highest BCUT2D eigenvalue weighted by Gasteiger charge is 2.46. The molecule has 5 rings (SSSR count). The third kappa shape index (κ3) is 3.52. The van der Waals surface area contributed by atoms with Gasteiger partial charge in [-0.1, -0.05) is 12.1 Å². The normalized spacial score (nSPS) is 21.5. The van der Waals surface area contributed by atoms with Crippen LogP contribution in [0.15, 0.2) is 42.7 Å². The summed E-state index contributed by atoms with van der Waals surface area (Å²) < 4.78 is 1.92. The van der Waals surface area contributed by atoms with Crippen LogP contribution in [0.1, 0.15) is 40.4 Å². The number of carbonyl (C=O) groups is 1. The van der Waals surface area contributed by atoms with E-state index in [0.29, 0.717) is 12.1 Å². The Morgan fingerprint density at radius 3 is 3.00 bits per heavy atom. The number of hydrogen-bond donors (Lipinski definition) is 2. The molecule has 1 aromatic carbocycles. The topological polar surface area (TPSA) is 109 Å². The second-order valence-corrected chi connectivity index (χ2v) is 8.45. The summed E-state index contributed by atoms with van der Waals surface area (Å²) in [7, 11) is 1.93. The third-order valence-corrected chi connectivity index (χ3v) is 6.38. The summed E-state index contributed by atoms with van der Waals surface area (Å²) in [5.41, 5.74) is 3.99. The number of pyridine rings is 1. The SMILES string of the molecule is Cn1cnnc1CC1(c2cccc(NC(=O)c3ccc4c(n3)CCN4)c2)CC(C#N)C1. The lowest BCUT2D eigenvalue weighted by Crippen LogP contribution is -2.43. The summed E-state index contributed by atoms with van der Waals surface area (Å²) in [5.74, 6) is 0.704. The molecule has 1 saturated carbocycles. The molecule has 2 N–H and O–H groups in total. The largest absolute Gasteiger partial charge is 0.383 e. The summed E-state index contributed by atoms with van der Waals surface area (Å²) in [6, 6.07) is 13.9. The molecule has 0 spiro atoms. The highest BCUT2D eigenvalue weighted by Crippen LogP contribution is 2.50. The Bertz CT molecular complexity index is 1190. The van der Waals surface area contributed by atoms with Gasteiger partial charge in [-0.15, -0.1) is 10.2 Å². The van der Waals surface area contributed by atoms with Crippen molar-refractivity contribution in [2.45, 2.75) is 31.1 Å². The van der Waals surface area contributed by atoms with Crippen molar-refractivity contribution in [2.75, 3.05) is 17.2 Å². The van der Waals surface area contributed by atoms with Crippen LogP contribution < -0.4 is 10.6 Å². The van der Waals surface area contributed by atoms with E-state index in [0.717, 1.165) is 54.3 Å². The Kier molecular flexibility index (Phi) is 4.66. The molecule has 0 saturated heterocycles. The standard InChI is InChI=1S/C23H23N7O/c1-30-14-26-29-21(30)12-23(10-15(11-23)13-24)16-3-2-4-17(9-16)27-22(31)20-6-5-18-19(28-20)7-8-25-18/h2-6,9,14-15,25H,7-8,10-12H2,1H3,(H,27,31). The highest BCUT2D eigenvalue weighted by molar-refractivity contribution is 6.03. The number of anilines is 2. The van der Waals surface area contributed by atoms with E-state index in [9.17, 15) is 10.1 Å². The second kappa shape index (κ2) is 7.51. The number of carbonyl (C=O) groups excluding carboxylic acids is 1. The summed E-state index contributed by atoms with van der Waals surface area (Å²) in [6.07, 6.45) is 4.77. The number of nitrogens with zero attached hydrogens (tertiary/aromatic N) is 5. The van der Waals surface area contributed by atoms with Crippen molar-refractivity contribution >= 4 is 17.3 Å². The van der Waals surface area contributed by atoms with E-state index in [4.69, 9.17) is 0 Å². The first-order valence-corrected chi connectivity index (χ1v) is 10.4. The molecule has 1 amide bonds. The van der Waals surface area contributed by atoms with Gasteiger partial charge in [0, 0.05) is 43.5 Å². The van der Waals surface area contributed by atoms with Crippen LogP contribution in [0, 0.1) is 17.2 Å². The molecular formula is C23H23N7O. The first-order chi connectivity index (χ1) is 15.1. The molecule has 156 valence electrons. The Hall–Kier alpha value is -3.73. The molecule has 31 heavy (non-hydrogen) atoms. The average molecular weight is 413 g/mol. The minimum Gasteiger partial charge on any atom is -0.383 e. The zero-order chi connectivity index (χ0) is 21.4. The molecule has 3 aromatic rings. The molecule has 8 nitrogen and oxygen atoms in total. The molecule has 2 aliphatic rings. The minimum absolute atomic E-state index is 0.0377. The van der Waals surface area contributed by atoms with Crippen LogP contribution in [-0.2, 0) is 25.3 Å². The Morgan fingerprint density at radius 2 is 2.23 bits per heavy atom. The number of fused-ring (bicyclic) bond motifs is 1. The molecule has 2 aromatic heterocycles. The average Bonchev–Trinajstić information content (AvgIpc) is 3.38. The van der Waals surface area contributed by atoms with Gasteiger partial charge in [0.2, 0.25) is 0 Å². The smallest absolute Gasteiger partial charge is 0.274 e. The number of aromatic nitrogens is 4. The highest BCUT2D eigenvalue weighted by atomic mass is 16.1. The van der Waals surface area contributed by atoms with Gasteiger partial charge >= 0.3 is 0 Å². The van der Waals surface area contributed by atoms with Crippen molar-refractivity contribution < 1.29 is 4.79 Å². The van der Waals surface area contributed by atoms with Gasteiger partial charge in [-0.25, -0.2) is 4.98 Å². The summed E-state index contributed by atoms with van der Waals surface area (Å²) in [5, 5.41) is 23.8. The third-order valence-electron chi connectivity index (χ3n) is 6.38. The van der Waals surface area contributed by atoms with Crippen molar-refractivity contribution in [3.63, 3.8) is 0 Å². The van der Waals surface area contributed by atoms with Gasteiger partial charge in [0.15, 0.2) is 0 Å². The zero-order valence-corrected chi connectivity index (χ0v) is 17.3. The number of hydrogen-bond acceptors (Lipinski definition) is 6. The van der Waals surface area contributed by atoms with Crippen molar-refractivity contribution in [3.05, 3.63) is 65.5 Å². The van der Waals surface area contributed by atoms with Gasteiger partial charge in [0.05, 0.1) is 17.5 Å². The van der Waals surface area contributed by atoms with Gasteiger partial charge < -0.3 is 15.2 Å². The zero-order valence-electron chi connectivity index (χ0n) is 17.3. The van der Waals surface area contributed by atoms with E-state index in [-0.39, 0.29) is 17.2 Å². The number of amides is 1. The Morgan fingerprint density at radius 1 is 1.35 bits per heavy atom. The quantitative estimate of drug-likeness (QED) is 0.666. The Balaban J connectivity index is 1.39. The van der Waals surface area contributed by atoms with Crippen LogP contribution in [0.25, 0.3) is 0 Å². The van der Waals surface area contributed by atoms with E-state index in [1.807, 2.05) is 35.9 Å². The van der Waals surface area contributed by atoms with Crippen LogP contribution in [0.3, 0.4) is 0 Å². The predicted molar refractivity (Wildman–Crippen MR) is 116 cm³/mol. The number of benzene rings is 1. The molecule has 1 aliphatic heterocycles. The number of aryl methyl sites for hydroxylation is 1. The maximum absolute atomic E-state index is 12.8. The van der Waals surface area contributed by atoms with Crippen molar-refractivity contribution in [1.29, 1.82) is 5.26 Å². The molecule has 1 aliphatic carbocycles. The molecule has 0 unspecified atom stereocenters. The first kappa shape index (κ1) is 19.2. The van der Waals surface area contributed by atoms with E-state index in [1.54, 1.807) is 12.4 Å². The van der Waals surface area contributed by atoms with Gasteiger partial charge in [-0.2, -0.15) is 5.26 Å². The van der Waals surface area contributed by atoms with E-state index >= 15 is 0 Å². The van der Waals surface area contributed by atoms with Crippen LogP contribution in [0.4, 0.5) is 11.4 Å². The molecular weight excluding hydrogens is 390 g/mol. The fourth-order valence-corrected chi connectivity index (χ4v) is 4.64. The lowest BCUT2D eigenvalue weighted by atomic mass is 9.57. The van der Waals surface area contributed by atoms with Crippen LogP contribution in [-0.4, -0.2) is 32.2 Å². The minimum atomic E-state index is -0.224. The maximum atomic E-state index is 12.8. The molecule has 0 atom stereocenters. The molecule has 8 heteroatoms. The Labute approximate surface area is 180 Å². The number of nitriles is 1. The van der Waals surface area contributed by atoms with Crippen LogP contribution in [0.2, 0.25) is 0 Å². The van der Waals surface area contributed by atoms with Gasteiger partial charge in [-0.05, 0) is 42.7 Å². The van der Waals surface area contributed by atoms with Crippen molar-refractivity contribution in [2.24, 2.45) is 13.0 Å². The van der Waals surface area contributed by atoms with Gasteiger partial charge in [0.1, 0.15) is 17.8 Å². The summed E-state index contributed by atoms with van der Waals surface area (Å²) >= 11 is 0. The number of rotatable bonds is 5. The van der Waals surface area contributed by atoms with E-state index in [1.165, 1.54) is 0 Å². The van der Waals surface area contributed by atoms with Crippen molar-refractivity contribution in [3.8, 4) is 6.07 Å². The fourth-order valence-electron chi connectivity index (χ4n) is 4.64. The summed E-state index contributed by atoms with van der Waals surface area (Å²) in [4.78, 5) is 17.3. The summed E-state index contributed by atoms with van der Waals surface area (Å²) in [6.45, 7) is 0.854. The molecule has 0 radical (unpaired) electrons.